The molecule has 6 heterocycles. The molecule has 6 aromatic carbocycles. The van der Waals surface area contributed by atoms with Crippen LogP contribution < -0.4 is 19.9 Å². The van der Waals surface area contributed by atoms with E-state index in [0.29, 0.717) is 69.2 Å². The van der Waals surface area contributed by atoms with Gasteiger partial charge in [0.1, 0.15) is 45.9 Å². The number of amidine groups is 1. The van der Waals surface area contributed by atoms with E-state index in [1.807, 2.05) is 0 Å². The summed E-state index contributed by atoms with van der Waals surface area (Å²) in [5.41, 5.74) is 5.61. The Morgan fingerprint density at radius 3 is 1.24 bits per heavy atom. The third-order valence-corrected chi connectivity index (χ3v) is 17.9. The maximum atomic E-state index is 13.0. The van der Waals surface area contributed by atoms with Gasteiger partial charge in [0.2, 0.25) is 23.0 Å². The highest BCUT2D eigenvalue weighted by Crippen LogP contribution is 2.42. The number of nitrogens with two attached hydrogens (primary N) is 1. The number of nitrogens with zero attached hydrogens (tertiary/aromatic N) is 11. The van der Waals surface area contributed by atoms with Gasteiger partial charge in [-0.05, 0) is 76.6 Å². The van der Waals surface area contributed by atoms with Gasteiger partial charge in [0, 0.05) is 70.2 Å². The Labute approximate surface area is 659 Å². The molecule has 12 aromatic rings. The van der Waals surface area contributed by atoms with Crippen molar-refractivity contribution in [3.63, 3.8) is 0 Å². The predicted molar refractivity (Wildman–Crippen MR) is 391 cm³/mol. The fourth-order valence-corrected chi connectivity index (χ4v) is 11.4. The molecule has 0 atom stereocenters. The predicted octanol–water partition coefficient (Wildman–Crippen LogP) is 24.1. The average molecular weight is 1780 g/mol. The average Bonchev–Trinajstić information content (AvgIpc) is 1.63. The van der Waals surface area contributed by atoms with E-state index in [1.54, 1.807) is 6.07 Å². The summed E-state index contributed by atoms with van der Waals surface area (Å²) in [6.45, 7) is 13.4. The number of rotatable bonds is 8. The van der Waals surface area contributed by atoms with Gasteiger partial charge in [-0.2, -0.15) is 36.3 Å². The Hall–Kier alpha value is -7.85. The number of methoxy groups -OCH3 is 3. The van der Waals surface area contributed by atoms with E-state index in [9.17, 15) is 31.4 Å². The third kappa shape index (κ3) is 20.8. The number of pyridine rings is 2. The first-order valence-corrected chi connectivity index (χ1v) is 33.1. The molecule has 0 bridgehead atoms. The smallest absolute Gasteiger partial charge is 0.417 e. The number of fused-ring (bicyclic) bond motifs is 2. The van der Waals surface area contributed by atoms with Crippen molar-refractivity contribution in [3.05, 3.63) is 224 Å². The molecule has 0 aliphatic carbocycles. The second-order valence-corrected chi connectivity index (χ2v) is 26.1. The van der Waals surface area contributed by atoms with E-state index < -0.39 is 23.5 Å². The molecule has 0 saturated heterocycles. The number of hydrogen-bond acceptors (Lipinski definition) is 16. The highest BCUT2D eigenvalue weighted by Gasteiger charge is 2.34. The van der Waals surface area contributed by atoms with Gasteiger partial charge in [-0.25, -0.2) is 19.7 Å². The van der Waals surface area contributed by atoms with Crippen LogP contribution in [0.2, 0.25) is 70.3 Å². The normalized spacial score (nSPS) is 11.1. The Bertz CT molecular complexity index is 5280. The number of oxime groups is 1. The van der Waals surface area contributed by atoms with Gasteiger partial charge in [0.15, 0.2) is 17.1 Å². The highest BCUT2D eigenvalue weighted by molar-refractivity contribution is 9.10. The largest absolute Gasteiger partial charge is 0.506 e. The van der Waals surface area contributed by atoms with Crippen LogP contribution in [-0.2, 0) is 12.4 Å². The fourth-order valence-electron chi connectivity index (χ4n) is 7.89. The zero-order valence-electron chi connectivity index (χ0n) is 51.2. The molecule has 104 heavy (non-hydrogen) atoms. The van der Waals surface area contributed by atoms with Gasteiger partial charge in [-0.3, -0.25) is 0 Å². The lowest BCUT2D eigenvalue weighted by atomic mass is 10.2. The van der Waals surface area contributed by atoms with Crippen LogP contribution in [-0.4, -0.2) is 86.7 Å². The van der Waals surface area contributed by atoms with E-state index in [-0.39, 0.29) is 120 Å². The van der Waals surface area contributed by atoms with Crippen molar-refractivity contribution in [2.45, 2.75) is 12.4 Å². The maximum Gasteiger partial charge on any atom is 0.417 e. The van der Waals surface area contributed by atoms with Crippen LogP contribution in [0.3, 0.4) is 0 Å². The summed E-state index contributed by atoms with van der Waals surface area (Å²) in [5.74, 6) is 0.947. The number of halogens is 21. The first-order chi connectivity index (χ1) is 48.8. The number of phenolic OH excluding ortho intramolecular Hbond substituents is 3. The molecule has 0 aliphatic heterocycles. The molecule has 0 fully saturated rings. The van der Waals surface area contributed by atoms with Crippen LogP contribution in [0.25, 0.3) is 66.9 Å². The number of aromatic nitrogens is 8. The standard InChI is InChI=1S/C17H8Cl3F3N4O2.C16H6Cl3F3N4O2.C8H8Cl2N2O2.C8H5Cl2NO.C7H3Cl2NO.C6H3BrCl2O/c1-28-13-4-9(18)8(3-10(13)19)14-25-16(29-26-14)12-6-27-5-7(17(21,22)23)2-11(20)15(27)24-12;17-8-3-12(27)9(18)2-7(8)13-24-15(28-25-13)11-5-26-4-6(16(20,21)22)1-10(19)14(26)23-11;1-14-7-3-5(9)4(2-6(7)10)8(11)12-13;1-11-7-3-6(10)8(12-2)4-5(7)9;1-10-6-2-5(9)7(11)3-4(6)8;7-3-1-5(9)6(10)2-4(3)8/h2-6H,1H3;1-5,27H;2-3,13H,1H3,(H2,11,12);3-4H,2H3;2-3,11H;1-2,10H. The van der Waals surface area contributed by atoms with E-state index in [1.165, 1.54) is 100 Å². The van der Waals surface area contributed by atoms with Crippen molar-refractivity contribution < 1.29 is 70.1 Å². The molecular weight excluding hydrogens is 1750 g/mol. The number of ether oxygens (including phenoxy) is 3. The molecule has 6 aromatic heterocycles. The van der Waals surface area contributed by atoms with Gasteiger partial charge in [-0.15, -0.1) is 0 Å². The summed E-state index contributed by atoms with van der Waals surface area (Å²) >= 11 is 84.6. The minimum absolute atomic E-state index is 0.00475. The first-order valence-electron chi connectivity index (χ1n) is 27.1. The van der Waals surface area contributed by atoms with Crippen molar-refractivity contribution in [2.24, 2.45) is 10.9 Å². The van der Waals surface area contributed by atoms with Crippen molar-refractivity contribution in [3.8, 4) is 80.4 Å². The second kappa shape index (κ2) is 36.0. The molecule has 542 valence electrons. The molecule has 0 radical (unpaired) electrons. The van der Waals surface area contributed by atoms with Crippen LogP contribution in [0.15, 0.2) is 128 Å². The number of imidazole rings is 2. The zero-order valence-corrected chi connectivity index (χ0v) is 63.3. The van der Waals surface area contributed by atoms with Gasteiger partial charge in [0.05, 0.1) is 116 Å². The zero-order chi connectivity index (χ0) is 77.1. The fraction of sp³-hybridized carbons (Fsp3) is 0.0806. The van der Waals surface area contributed by atoms with Crippen LogP contribution in [0.5, 0.6) is 34.5 Å². The van der Waals surface area contributed by atoms with Crippen LogP contribution in [0.4, 0.5) is 37.7 Å². The summed E-state index contributed by atoms with van der Waals surface area (Å²) in [5, 5.41) is 49.3. The lowest BCUT2D eigenvalue weighted by Crippen LogP contribution is -2.13. The molecule has 0 spiro atoms. The summed E-state index contributed by atoms with van der Waals surface area (Å²) in [7, 11) is 4.41. The van der Waals surface area contributed by atoms with Crippen LogP contribution in [0, 0.1) is 13.1 Å². The van der Waals surface area contributed by atoms with Gasteiger partial charge in [-0.1, -0.05) is 178 Å². The van der Waals surface area contributed by atoms with E-state index in [0.717, 1.165) is 33.3 Å². The third-order valence-electron chi connectivity index (χ3n) is 12.8. The molecule has 6 N–H and O–H groups in total. The second-order valence-electron chi connectivity index (χ2n) is 19.5. The summed E-state index contributed by atoms with van der Waals surface area (Å²) in [6.07, 6.45) is -4.81. The monoisotopic (exact) mass is 1770 g/mol. The Balaban J connectivity index is 0.000000185. The number of hydrogen-bond donors (Lipinski definition) is 5. The number of aromatic hydroxyl groups is 3. The molecule has 42 heteroatoms. The minimum atomic E-state index is -4.56. The molecular formula is C62H33BrCl14F6N12O9. The lowest BCUT2D eigenvalue weighted by Gasteiger charge is -2.07. The van der Waals surface area contributed by atoms with Gasteiger partial charge in [0.25, 0.3) is 11.8 Å². The summed E-state index contributed by atoms with van der Waals surface area (Å²) in [6, 6.07) is 18.6. The maximum absolute atomic E-state index is 13.0. The van der Waals surface area contributed by atoms with Crippen molar-refractivity contribution in [1.82, 2.24) is 39.1 Å². The van der Waals surface area contributed by atoms with E-state index in [2.05, 4.69) is 61.0 Å². The van der Waals surface area contributed by atoms with Crippen LogP contribution in [0.1, 0.15) is 16.7 Å². The van der Waals surface area contributed by atoms with Crippen molar-refractivity contribution in [1.29, 1.82) is 0 Å². The van der Waals surface area contributed by atoms with Crippen molar-refractivity contribution in [2.75, 3.05) is 21.3 Å². The summed E-state index contributed by atoms with van der Waals surface area (Å²) in [4.78, 5) is 22.9. The van der Waals surface area contributed by atoms with Gasteiger partial charge < -0.3 is 58.3 Å². The number of alkyl halides is 6. The highest BCUT2D eigenvalue weighted by atomic mass is 79.9. The summed E-state index contributed by atoms with van der Waals surface area (Å²) < 4.78 is 106. The molecule has 0 aliphatic rings. The molecule has 0 amide bonds. The molecule has 0 saturated carbocycles. The minimum Gasteiger partial charge on any atom is -0.506 e. The topological polar surface area (TPSA) is 268 Å². The number of benzene rings is 6. The van der Waals surface area contributed by atoms with Crippen LogP contribution >= 0.6 is 178 Å². The quantitative estimate of drug-likeness (QED) is 0.0180. The lowest BCUT2D eigenvalue weighted by molar-refractivity contribution is -0.138. The van der Waals surface area contributed by atoms with Crippen molar-refractivity contribution >= 4 is 207 Å². The Kier molecular flexibility index (Phi) is 28.8. The number of phenols is 3. The van der Waals surface area contributed by atoms with Gasteiger partial charge >= 0.3 is 12.4 Å². The SMILES string of the molecule is COc1cc(Cl)c(-c2noc(-c3cn4cc(C(F)(F)F)cc(Cl)c4n3)n2)cc1Cl.COc1cc(Cl)c(/C(N)=N/O)cc1Cl.Oc1cc(Cl)c(-c2noc(-c3cn4cc(C(F)(F)F)cc(Cl)c4n3)n2)cc1Cl.Oc1cc(Cl)c(Br)cc1Cl.[C-]#[N+]c1cc(Cl)c(O)cc1Cl.[C-]#[N+]c1cc(Cl)c(OC)cc1Cl. The molecule has 21 nitrogen and oxygen atoms in total. The first kappa shape index (κ1) is 83.4. The Morgan fingerprint density at radius 1 is 0.462 bits per heavy atom. The molecule has 12 rings (SSSR count). The van der Waals surface area contributed by atoms with E-state index >= 15 is 0 Å². The molecule has 0 unspecified atom stereocenters. The van der Waals surface area contributed by atoms with E-state index in [4.69, 9.17) is 220 Å². The Morgan fingerprint density at radius 2 is 0.817 bits per heavy atom.